The molecule has 0 saturated carbocycles. The first-order valence-electron chi connectivity index (χ1n) is 10.3. The van der Waals surface area contributed by atoms with Gasteiger partial charge < -0.3 is 19.1 Å². The summed E-state index contributed by atoms with van der Waals surface area (Å²) in [5, 5.41) is 0. The van der Waals surface area contributed by atoms with Gasteiger partial charge in [-0.25, -0.2) is 13.1 Å². The van der Waals surface area contributed by atoms with Crippen molar-refractivity contribution in [2.45, 2.75) is 11.3 Å². The van der Waals surface area contributed by atoms with Crippen molar-refractivity contribution in [3.05, 3.63) is 42.5 Å². The van der Waals surface area contributed by atoms with Crippen molar-refractivity contribution in [3.63, 3.8) is 0 Å². The van der Waals surface area contributed by atoms with E-state index in [2.05, 4.69) is 20.6 Å². The number of methoxy groups -OCH3 is 3. The van der Waals surface area contributed by atoms with E-state index in [4.69, 9.17) is 14.2 Å². The number of ether oxygens (including phenoxy) is 3. The molecule has 31 heavy (non-hydrogen) atoms. The molecule has 0 unspecified atom stereocenters. The monoisotopic (exact) mass is 449 g/mol. The Labute approximate surface area is 184 Å². The fourth-order valence-corrected chi connectivity index (χ4v) is 4.91. The lowest BCUT2D eigenvalue weighted by Crippen LogP contribution is -2.47. The Morgan fingerprint density at radius 3 is 2.29 bits per heavy atom. The lowest BCUT2D eigenvalue weighted by Gasteiger charge is -2.36. The van der Waals surface area contributed by atoms with Crippen LogP contribution in [0.15, 0.2) is 47.4 Å². The van der Waals surface area contributed by atoms with E-state index in [0.717, 1.165) is 50.6 Å². The third-order valence-corrected chi connectivity index (χ3v) is 6.90. The Morgan fingerprint density at radius 1 is 0.903 bits per heavy atom. The quantitative estimate of drug-likeness (QED) is 0.557. The van der Waals surface area contributed by atoms with E-state index in [-0.39, 0.29) is 10.6 Å². The van der Waals surface area contributed by atoms with Crippen LogP contribution in [0.1, 0.15) is 6.42 Å². The third kappa shape index (κ3) is 5.81. The molecule has 2 aromatic rings. The summed E-state index contributed by atoms with van der Waals surface area (Å²) in [6, 6.07) is 12.7. The minimum atomic E-state index is -3.65. The van der Waals surface area contributed by atoms with Crippen molar-refractivity contribution in [1.82, 2.24) is 9.62 Å². The molecule has 0 aromatic heterocycles. The molecule has 1 aliphatic heterocycles. The van der Waals surface area contributed by atoms with Gasteiger partial charge in [0.25, 0.3) is 0 Å². The zero-order chi connectivity index (χ0) is 22.3. The number of anilines is 1. The molecule has 0 spiro atoms. The summed E-state index contributed by atoms with van der Waals surface area (Å²) in [6.45, 7) is 4.88. The van der Waals surface area contributed by atoms with Gasteiger partial charge in [-0.2, -0.15) is 0 Å². The van der Waals surface area contributed by atoms with Crippen LogP contribution in [0.4, 0.5) is 5.69 Å². The SMILES string of the molecule is COc1ccc(S(=O)(=O)NCCCN2CCN(c3ccccc3OC)CC2)c(OC)c1. The Balaban J connectivity index is 1.46. The molecular formula is C22H31N3O5S. The molecule has 1 fully saturated rings. The predicted octanol–water partition coefficient (Wildman–Crippen LogP) is 2.20. The highest BCUT2D eigenvalue weighted by molar-refractivity contribution is 7.89. The normalized spacial score (nSPS) is 15.0. The van der Waals surface area contributed by atoms with E-state index in [1.807, 2.05) is 18.2 Å². The Bertz CT molecular complexity index is 959. The van der Waals surface area contributed by atoms with Crippen molar-refractivity contribution in [1.29, 1.82) is 0 Å². The Morgan fingerprint density at radius 2 is 1.61 bits per heavy atom. The molecule has 1 heterocycles. The second-order valence-electron chi connectivity index (χ2n) is 7.27. The van der Waals surface area contributed by atoms with Crippen LogP contribution < -0.4 is 23.8 Å². The fraction of sp³-hybridized carbons (Fsp3) is 0.455. The lowest BCUT2D eigenvalue weighted by molar-refractivity contribution is 0.254. The van der Waals surface area contributed by atoms with Crippen LogP contribution in [0.5, 0.6) is 17.2 Å². The standard InChI is InChI=1S/C22H31N3O5S/c1-28-18-9-10-22(21(17-18)30-3)31(26,27)23-11-6-12-24-13-15-25(16-14-24)19-7-4-5-8-20(19)29-2/h4-5,7-10,17,23H,6,11-16H2,1-3H3. The number of nitrogens with one attached hydrogen (secondary N) is 1. The molecule has 9 heteroatoms. The first-order valence-corrected chi connectivity index (χ1v) is 11.8. The van der Waals surface area contributed by atoms with E-state index in [1.54, 1.807) is 19.2 Å². The zero-order valence-electron chi connectivity index (χ0n) is 18.3. The largest absolute Gasteiger partial charge is 0.497 e. The number of benzene rings is 2. The van der Waals surface area contributed by atoms with E-state index < -0.39 is 10.0 Å². The van der Waals surface area contributed by atoms with Gasteiger partial charge in [0, 0.05) is 38.8 Å². The van der Waals surface area contributed by atoms with Crippen LogP contribution in [0, 0.1) is 0 Å². The highest BCUT2D eigenvalue weighted by atomic mass is 32.2. The van der Waals surface area contributed by atoms with E-state index in [0.29, 0.717) is 12.3 Å². The highest BCUT2D eigenvalue weighted by Gasteiger charge is 2.21. The van der Waals surface area contributed by atoms with Gasteiger partial charge in [-0.1, -0.05) is 12.1 Å². The lowest BCUT2D eigenvalue weighted by atomic mass is 10.2. The summed E-state index contributed by atoms with van der Waals surface area (Å²) in [7, 11) is 1.01. The molecule has 0 atom stereocenters. The van der Waals surface area contributed by atoms with Crippen molar-refractivity contribution in [3.8, 4) is 17.2 Å². The van der Waals surface area contributed by atoms with Crippen molar-refractivity contribution >= 4 is 15.7 Å². The first kappa shape index (κ1) is 23.2. The van der Waals surface area contributed by atoms with E-state index in [1.165, 1.54) is 20.3 Å². The molecular weight excluding hydrogens is 418 g/mol. The number of hydrogen-bond acceptors (Lipinski definition) is 7. The van der Waals surface area contributed by atoms with Gasteiger partial charge in [0.2, 0.25) is 10.0 Å². The first-order chi connectivity index (χ1) is 15.0. The molecule has 170 valence electrons. The minimum Gasteiger partial charge on any atom is -0.497 e. The average molecular weight is 450 g/mol. The van der Waals surface area contributed by atoms with Crippen LogP contribution in [0.2, 0.25) is 0 Å². The number of para-hydroxylation sites is 2. The molecule has 2 aromatic carbocycles. The molecule has 0 radical (unpaired) electrons. The van der Waals surface area contributed by atoms with Crippen LogP contribution in [-0.2, 0) is 10.0 Å². The van der Waals surface area contributed by atoms with E-state index >= 15 is 0 Å². The molecule has 0 bridgehead atoms. The number of sulfonamides is 1. The number of piperazine rings is 1. The van der Waals surface area contributed by atoms with Crippen molar-refractivity contribution in [2.24, 2.45) is 0 Å². The van der Waals surface area contributed by atoms with Gasteiger partial charge >= 0.3 is 0 Å². The molecule has 0 amide bonds. The van der Waals surface area contributed by atoms with Gasteiger partial charge in [0.15, 0.2) is 0 Å². The smallest absolute Gasteiger partial charge is 0.244 e. The van der Waals surface area contributed by atoms with Gasteiger partial charge in [-0.3, -0.25) is 4.90 Å². The molecule has 1 N–H and O–H groups in total. The Hall–Kier alpha value is -2.49. The number of rotatable bonds is 10. The van der Waals surface area contributed by atoms with Gasteiger partial charge in [0.1, 0.15) is 22.1 Å². The van der Waals surface area contributed by atoms with Crippen LogP contribution in [0.25, 0.3) is 0 Å². The van der Waals surface area contributed by atoms with Gasteiger partial charge in [-0.05, 0) is 37.2 Å². The van der Waals surface area contributed by atoms with Crippen molar-refractivity contribution < 1.29 is 22.6 Å². The second-order valence-corrected chi connectivity index (χ2v) is 9.00. The Kier molecular flexibility index (Phi) is 8.00. The summed E-state index contributed by atoms with van der Waals surface area (Å²) >= 11 is 0. The minimum absolute atomic E-state index is 0.112. The third-order valence-electron chi connectivity index (χ3n) is 5.40. The average Bonchev–Trinajstić information content (AvgIpc) is 2.81. The topological polar surface area (TPSA) is 80.3 Å². The summed E-state index contributed by atoms with van der Waals surface area (Å²) in [5.74, 6) is 1.70. The summed E-state index contributed by atoms with van der Waals surface area (Å²) in [5.41, 5.74) is 1.12. The molecule has 3 rings (SSSR count). The van der Waals surface area contributed by atoms with Crippen LogP contribution in [-0.4, -0.2) is 73.9 Å². The maximum Gasteiger partial charge on any atom is 0.244 e. The second kappa shape index (κ2) is 10.7. The van der Waals surface area contributed by atoms with Crippen molar-refractivity contribution in [2.75, 3.05) is 65.5 Å². The fourth-order valence-electron chi connectivity index (χ4n) is 3.69. The number of hydrogen-bond donors (Lipinski definition) is 1. The highest BCUT2D eigenvalue weighted by Crippen LogP contribution is 2.29. The summed E-state index contributed by atoms with van der Waals surface area (Å²) < 4.78 is 43.8. The molecule has 1 aliphatic rings. The maximum absolute atomic E-state index is 12.7. The predicted molar refractivity (Wildman–Crippen MR) is 121 cm³/mol. The zero-order valence-corrected chi connectivity index (χ0v) is 19.2. The molecule has 1 saturated heterocycles. The summed E-state index contributed by atoms with van der Waals surface area (Å²) in [4.78, 5) is 4.79. The summed E-state index contributed by atoms with van der Waals surface area (Å²) in [6.07, 6.45) is 0.729. The molecule has 8 nitrogen and oxygen atoms in total. The van der Waals surface area contributed by atoms with Crippen LogP contribution in [0.3, 0.4) is 0 Å². The van der Waals surface area contributed by atoms with E-state index in [9.17, 15) is 8.42 Å². The molecule has 0 aliphatic carbocycles. The maximum atomic E-state index is 12.7. The van der Waals surface area contributed by atoms with Gasteiger partial charge in [-0.15, -0.1) is 0 Å². The van der Waals surface area contributed by atoms with Crippen LogP contribution >= 0.6 is 0 Å². The number of nitrogens with zero attached hydrogens (tertiary/aromatic N) is 2. The van der Waals surface area contributed by atoms with Gasteiger partial charge in [0.05, 0.1) is 27.0 Å².